The molecule has 1 aliphatic rings. The Balaban J connectivity index is 1.81. The van der Waals surface area contributed by atoms with E-state index in [1.165, 1.54) is 4.90 Å². The number of aromatic nitrogens is 1. The fourth-order valence-corrected chi connectivity index (χ4v) is 4.03. The third-order valence-electron chi connectivity index (χ3n) is 5.39. The van der Waals surface area contributed by atoms with E-state index in [2.05, 4.69) is 5.16 Å². The number of hydrogen-bond donors (Lipinski definition) is 0. The second kappa shape index (κ2) is 6.85. The minimum Gasteiger partial charge on any atom is -0.450 e. The van der Waals surface area contributed by atoms with Gasteiger partial charge in [-0.1, -0.05) is 41.9 Å². The van der Waals surface area contributed by atoms with Crippen LogP contribution in [0.3, 0.4) is 0 Å². The van der Waals surface area contributed by atoms with Crippen LogP contribution < -0.4 is 10.3 Å². The molecule has 5 rings (SSSR count). The maximum atomic E-state index is 13.6. The fraction of sp³-hybridized carbons (Fsp3) is 0.174. The molecule has 0 fully saturated rings. The highest BCUT2D eigenvalue weighted by Gasteiger charge is 2.44. The van der Waals surface area contributed by atoms with E-state index in [4.69, 9.17) is 20.5 Å². The maximum Gasteiger partial charge on any atom is 0.296 e. The van der Waals surface area contributed by atoms with Crippen molar-refractivity contribution in [1.82, 2.24) is 5.16 Å². The van der Waals surface area contributed by atoms with Gasteiger partial charge in [-0.25, -0.2) is 0 Å². The first-order valence-electron chi connectivity index (χ1n) is 9.60. The lowest BCUT2D eigenvalue weighted by Gasteiger charge is -2.22. The molecule has 2 aromatic carbocycles. The van der Waals surface area contributed by atoms with Crippen molar-refractivity contribution in [2.24, 2.45) is 0 Å². The molecule has 1 atom stereocenters. The molecule has 6 nitrogen and oxygen atoms in total. The number of carbonyl (C=O) groups excluding carboxylic acids is 1. The third-order valence-corrected chi connectivity index (χ3v) is 5.64. The van der Waals surface area contributed by atoms with Gasteiger partial charge in [-0.15, -0.1) is 0 Å². The molecular formula is C23H17ClN2O4. The second-order valence-electron chi connectivity index (χ2n) is 7.28. The van der Waals surface area contributed by atoms with Gasteiger partial charge in [0.15, 0.2) is 11.2 Å². The first kappa shape index (κ1) is 18.6. The lowest BCUT2D eigenvalue weighted by molar-refractivity contribution is 0.0969. The van der Waals surface area contributed by atoms with Crippen molar-refractivity contribution in [3.05, 3.63) is 92.0 Å². The summed E-state index contributed by atoms with van der Waals surface area (Å²) in [6.07, 6.45) is 0.788. The van der Waals surface area contributed by atoms with Gasteiger partial charge in [-0.3, -0.25) is 14.5 Å². The molecule has 0 aliphatic carbocycles. The summed E-state index contributed by atoms with van der Waals surface area (Å²) in [6, 6.07) is 13.5. The highest BCUT2D eigenvalue weighted by Crippen LogP contribution is 2.41. The predicted octanol–water partition coefficient (Wildman–Crippen LogP) is 5.06. The average Bonchev–Trinajstić information content (AvgIpc) is 3.30. The quantitative estimate of drug-likeness (QED) is 0.463. The molecule has 0 unspecified atom stereocenters. The number of anilines is 1. The Labute approximate surface area is 176 Å². The van der Waals surface area contributed by atoms with Gasteiger partial charge in [-0.05, 0) is 48.7 Å². The Bertz CT molecular complexity index is 1350. The molecule has 0 N–H and O–H groups in total. The van der Waals surface area contributed by atoms with Crippen LogP contribution >= 0.6 is 11.6 Å². The molecule has 4 aromatic rings. The maximum absolute atomic E-state index is 13.6. The van der Waals surface area contributed by atoms with Crippen molar-refractivity contribution in [2.75, 3.05) is 4.90 Å². The smallest absolute Gasteiger partial charge is 0.296 e. The largest absolute Gasteiger partial charge is 0.450 e. The number of amides is 1. The lowest BCUT2D eigenvalue weighted by atomic mass is 9.98. The summed E-state index contributed by atoms with van der Waals surface area (Å²) in [7, 11) is 0. The molecule has 0 radical (unpaired) electrons. The topological polar surface area (TPSA) is 76.6 Å². The van der Waals surface area contributed by atoms with E-state index < -0.39 is 11.9 Å². The Hall–Kier alpha value is -3.38. The Morgan fingerprint density at radius 2 is 1.87 bits per heavy atom. The van der Waals surface area contributed by atoms with Crippen LogP contribution in [0.25, 0.3) is 11.0 Å². The van der Waals surface area contributed by atoms with Crippen LogP contribution in [0, 0.1) is 6.92 Å². The number of halogens is 1. The van der Waals surface area contributed by atoms with E-state index in [1.807, 2.05) is 19.1 Å². The summed E-state index contributed by atoms with van der Waals surface area (Å²) in [6.45, 7) is 3.76. The number of fused-ring (bicyclic) bond motifs is 2. The van der Waals surface area contributed by atoms with Crippen molar-refractivity contribution >= 4 is 34.3 Å². The first-order chi connectivity index (χ1) is 14.5. The Morgan fingerprint density at radius 1 is 1.10 bits per heavy atom. The highest BCUT2D eigenvalue weighted by atomic mass is 35.5. The summed E-state index contributed by atoms with van der Waals surface area (Å²) in [5, 5.41) is 5.03. The first-order valence-corrected chi connectivity index (χ1v) is 9.97. The zero-order valence-corrected chi connectivity index (χ0v) is 17.1. The van der Waals surface area contributed by atoms with Crippen LogP contribution in [-0.2, 0) is 6.42 Å². The van der Waals surface area contributed by atoms with E-state index in [0.29, 0.717) is 33.1 Å². The third kappa shape index (κ3) is 2.75. The molecule has 0 spiro atoms. The summed E-state index contributed by atoms with van der Waals surface area (Å²) in [5.74, 6) is 0.469. The van der Waals surface area contributed by atoms with Gasteiger partial charge in [0.05, 0.1) is 17.0 Å². The van der Waals surface area contributed by atoms with Gasteiger partial charge in [0.1, 0.15) is 11.3 Å². The second-order valence-corrected chi connectivity index (χ2v) is 7.72. The number of aryl methyl sites for hydroxylation is 2. The predicted molar refractivity (Wildman–Crippen MR) is 113 cm³/mol. The molecule has 30 heavy (non-hydrogen) atoms. The molecule has 1 aliphatic heterocycles. The average molecular weight is 421 g/mol. The molecule has 150 valence electrons. The van der Waals surface area contributed by atoms with Crippen LogP contribution in [0.1, 0.15) is 46.0 Å². The summed E-state index contributed by atoms with van der Waals surface area (Å²) in [5.41, 5.74) is 2.20. The lowest BCUT2D eigenvalue weighted by Crippen LogP contribution is -2.29. The van der Waals surface area contributed by atoms with Crippen molar-refractivity contribution < 1.29 is 13.7 Å². The van der Waals surface area contributed by atoms with E-state index >= 15 is 0 Å². The minimum absolute atomic E-state index is 0.0253. The molecule has 0 saturated heterocycles. The standard InChI is InChI=1S/C23H17ClN2O4/c1-3-13-4-9-17-16(11-13)21(27)19-20(14-5-7-15(24)8-6-14)26(23(28)22(19)29-17)18-10-12(2)30-25-18/h4-11,20H,3H2,1-2H3/t20-/m1/s1. The van der Waals surface area contributed by atoms with Crippen molar-refractivity contribution in [3.8, 4) is 0 Å². The van der Waals surface area contributed by atoms with Crippen LogP contribution in [0.4, 0.5) is 5.82 Å². The zero-order chi connectivity index (χ0) is 21.0. The number of nitrogens with zero attached hydrogens (tertiary/aromatic N) is 2. The van der Waals surface area contributed by atoms with E-state index in [9.17, 15) is 9.59 Å². The van der Waals surface area contributed by atoms with Crippen LogP contribution in [0.15, 0.2) is 62.3 Å². The number of benzene rings is 2. The van der Waals surface area contributed by atoms with E-state index in [0.717, 1.165) is 17.5 Å². The van der Waals surface area contributed by atoms with E-state index in [1.54, 1.807) is 43.3 Å². The summed E-state index contributed by atoms with van der Waals surface area (Å²) >= 11 is 6.06. The monoisotopic (exact) mass is 420 g/mol. The molecular weight excluding hydrogens is 404 g/mol. The Morgan fingerprint density at radius 3 is 2.53 bits per heavy atom. The van der Waals surface area contributed by atoms with Crippen molar-refractivity contribution in [1.29, 1.82) is 0 Å². The molecule has 7 heteroatoms. The SMILES string of the molecule is CCc1ccc2oc3c(c(=O)c2c1)[C@@H](c1ccc(Cl)cc1)N(c1cc(C)on1)C3=O. The molecule has 1 amide bonds. The summed E-state index contributed by atoms with van der Waals surface area (Å²) in [4.78, 5) is 28.4. The minimum atomic E-state index is -0.694. The van der Waals surface area contributed by atoms with Gasteiger partial charge in [0.2, 0.25) is 5.76 Å². The molecule has 0 saturated carbocycles. The van der Waals surface area contributed by atoms with Gasteiger partial charge in [0, 0.05) is 11.1 Å². The number of carbonyl (C=O) groups is 1. The molecule has 2 aromatic heterocycles. The number of rotatable bonds is 3. The van der Waals surface area contributed by atoms with Gasteiger partial charge in [-0.2, -0.15) is 0 Å². The molecule has 0 bridgehead atoms. The normalized spacial score (nSPS) is 15.8. The van der Waals surface area contributed by atoms with Gasteiger partial charge < -0.3 is 8.94 Å². The summed E-state index contributed by atoms with van der Waals surface area (Å²) < 4.78 is 11.1. The van der Waals surface area contributed by atoms with Crippen LogP contribution in [0.5, 0.6) is 0 Å². The molecule has 3 heterocycles. The van der Waals surface area contributed by atoms with Crippen molar-refractivity contribution in [2.45, 2.75) is 26.3 Å². The fourth-order valence-electron chi connectivity index (χ4n) is 3.90. The highest BCUT2D eigenvalue weighted by molar-refractivity contribution is 6.30. The number of hydrogen-bond acceptors (Lipinski definition) is 5. The van der Waals surface area contributed by atoms with Gasteiger partial charge in [0.25, 0.3) is 5.91 Å². The van der Waals surface area contributed by atoms with Crippen LogP contribution in [-0.4, -0.2) is 11.1 Å². The van der Waals surface area contributed by atoms with Crippen LogP contribution in [0.2, 0.25) is 5.02 Å². The Kier molecular flexibility index (Phi) is 4.25. The zero-order valence-electron chi connectivity index (χ0n) is 16.3. The van der Waals surface area contributed by atoms with Crippen molar-refractivity contribution in [3.63, 3.8) is 0 Å². The van der Waals surface area contributed by atoms with Gasteiger partial charge >= 0.3 is 0 Å². The van der Waals surface area contributed by atoms with E-state index in [-0.39, 0.29) is 11.2 Å².